The van der Waals surface area contributed by atoms with Gasteiger partial charge in [0.05, 0.1) is 18.2 Å². The molecule has 0 aliphatic carbocycles. The fourth-order valence-corrected chi connectivity index (χ4v) is 8.72. The largest absolute Gasteiger partial charge is 0.506 e. The fourth-order valence-electron chi connectivity index (χ4n) is 8.72. The number of piperidine rings is 1. The van der Waals surface area contributed by atoms with Crippen LogP contribution in [-0.4, -0.2) is 87.9 Å². The first-order chi connectivity index (χ1) is 30.7. The van der Waals surface area contributed by atoms with E-state index in [-0.39, 0.29) is 36.3 Å². The van der Waals surface area contributed by atoms with Gasteiger partial charge in [0.25, 0.3) is 5.91 Å². The van der Waals surface area contributed by atoms with Gasteiger partial charge in [0, 0.05) is 48.8 Å². The van der Waals surface area contributed by atoms with Crippen molar-refractivity contribution in [3.8, 4) is 5.75 Å². The Labute approximate surface area is 367 Å². The summed E-state index contributed by atoms with van der Waals surface area (Å²) in [7, 11) is 0. The number of amides is 1. The molecule has 63 heavy (non-hydrogen) atoms. The van der Waals surface area contributed by atoms with Crippen molar-refractivity contribution >= 4 is 28.4 Å². The second-order valence-corrected chi connectivity index (χ2v) is 16.6. The number of nitrogens with one attached hydrogen (secondary N) is 2. The van der Waals surface area contributed by atoms with Gasteiger partial charge in [-0.1, -0.05) is 103 Å². The van der Waals surface area contributed by atoms with E-state index < -0.39 is 17.7 Å². The zero-order valence-corrected chi connectivity index (χ0v) is 35.3. The van der Waals surface area contributed by atoms with Gasteiger partial charge < -0.3 is 35.3 Å². The first-order valence-electron chi connectivity index (χ1n) is 21.8. The van der Waals surface area contributed by atoms with Gasteiger partial charge in [-0.25, -0.2) is 4.79 Å². The molecule has 1 fully saturated rings. The van der Waals surface area contributed by atoms with Crippen molar-refractivity contribution in [1.29, 1.82) is 0 Å². The van der Waals surface area contributed by atoms with Crippen LogP contribution in [0.5, 0.6) is 5.75 Å². The molecule has 3 heterocycles. The van der Waals surface area contributed by atoms with Crippen molar-refractivity contribution in [1.82, 2.24) is 20.1 Å². The van der Waals surface area contributed by atoms with E-state index in [0.717, 1.165) is 49.2 Å². The summed E-state index contributed by atoms with van der Waals surface area (Å²) in [5, 5.41) is 37.2. The van der Waals surface area contributed by atoms with Crippen LogP contribution >= 0.6 is 0 Å². The number of aromatic hydroxyl groups is 1. The number of rotatable bonds is 15. The first kappa shape index (κ1) is 43.3. The summed E-state index contributed by atoms with van der Waals surface area (Å²) in [6.45, 7) is 4.82. The molecule has 8 rings (SSSR count). The number of benzene rings is 5. The molecular weight excluding hydrogens is 793 g/mol. The molecule has 1 amide bonds. The maximum atomic E-state index is 14.0. The zero-order valence-electron chi connectivity index (χ0n) is 35.3. The minimum atomic E-state index is -2.00. The van der Waals surface area contributed by atoms with E-state index in [1.807, 2.05) is 77.7 Å². The number of H-pyrrole nitrogens is 1. The molecule has 1 unspecified atom stereocenters. The number of likely N-dealkylation sites (tertiary alicyclic amines) is 1. The molecule has 5 aromatic carbocycles. The second-order valence-electron chi connectivity index (χ2n) is 16.6. The lowest BCUT2D eigenvalue weighted by Crippen LogP contribution is -2.40. The fraction of sp³-hybridized carbons (Fsp3) is 0.288. The van der Waals surface area contributed by atoms with Gasteiger partial charge in [0.15, 0.2) is 0 Å². The first-order valence-corrected chi connectivity index (χ1v) is 21.8. The molecular formula is C52H54N4O7. The maximum Gasteiger partial charge on any atom is 0.347 e. The third-order valence-electron chi connectivity index (χ3n) is 12.4. The summed E-state index contributed by atoms with van der Waals surface area (Å²) >= 11 is 0. The highest BCUT2D eigenvalue weighted by atomic mass is 16.5. The number of pyridine rings is 1. The van der Waals surface area contributed by atoms with Gasteiger partial charge in [0.1, 0.15) is 5.75 Å². The van der Waals surface area contributed by atoms with Crippen LogP contribution in [0.2, 0.25) is 0 Å². The van der Waals surface area contributed by atoms with Crippen LogP contribution in [0.25, 0.3) is 16.5 Å². The minimum absolute atomic E-state index is 0.0522. The molecule has 0 radical (unpaired) electrons. The highest BCUT2D eigenvalue weighted by Gasteiger charge is 2.42. The Morgan fingerprint density at radius 3 is 2.29 bits per heavy atom. The van der Waals surface area contributed by atoms with Gasteiger partial charge in [-0.3, -0.25) is 14.5 Å². The molecule has 6 aromatic rings. The van der Waals surface area contributed by atoms with E-state index in [0.29, 0.717) is 65.6 Å². The van der Waals surface area contributed by atoms with Gasteiger partial charge in [-0.05, 0) is 115 Å². The van der Waals surface area contributed by atoms with Crippen LogP contribution in [0.4, 0.5) is 0 Å². The molecule has 11 nitrogen and oxygen atoms in total. The third kappa shape index (κ3) is 10.1. The predicted octanol–water partition coefficient (Wildman–Crippen LogP) is 6.72. The number of esters is 1. The summed E-state index contributed by atoms with van der Waals surface area (Å²) in [5.74, 6) is -0.580. The second kappa shape index (κ2) is 19.8. The van der Waals surface area contributed by atoms with Crippen LogP contribution < -0.4 is 10.9 Å². The average Bonchev–Trinajstić information content (AvgIpc) is 3.33. The summed E-state index contributed by atoms with van der Waals surface area (Å²) in [4.78, 5) is 46.2. The topological polar surface area (TPSA) is 155 Å². The van der Waals surface area contributed by atoms with Crippen LogP contribution in [0.15, 0.2) is 144 Å². The Hall–Kier alpha value is -6.37. The zero-order chi connectivity index (χ0) is 43.8. The molecule has 5 N–H and O–H groups in total. The molecule has 11 heteroatoms. The molecule has 2 atom stereocenters. The Bertz CT molecular complexity index is 2610. The molecule has 0 saturated carbocycles. The molecule has 0 spiro atoms. The SMILES string of the molecule is O=C(c1ccc(CCNC[C@H](O)c2ccc(O)c3[nH]c(=O)ccc23)cc1)N1CC=C(c2cccc(C(O)(C(=O)OCC3CCN(Cc4ccccc4)CC3)c3ccccc3)c2)CC1. The number of nitrogens with zero attached hydrogens (tertiary/aromatic N) is 2. The number of aliphatic hydroxyl groups is 2. The van der Waals surface area contributed by atoms with Gasteiger partial charge >= 0.3 is 5.97 Å². The van der Waals surface area contributed by atoms with Gasteiger partial charge in [0.2, 0.25) is 11.2 Å². The molecule has 1 saturated heterocycles. The number of phenols is 1. The quantitative estimate of drug-likeness (QED) is 0.0560. The van der Waals surface area contributed by atoms with Gasteiger partial charge in [-0.15, -0.1) is 0 Å². The van der Waals surface area contributed by atoms with Gasteiger partial charge in [-0.2, -0.15) is 0 Å². The van der Waals surface area contributed by atoms with Crippen molar-refractivity contribution in [2.24, 2.45) is 5.92 Å². The lowest BCUT2D eigenvalue weighted by molar-refractivity contribution is -0.164. The smallest absolute Gasteiger partial charge is 0.347 e. The van der Waals surface area contributed by atoms with Crippen molar-refractivity contribution in [3.63, 3.8) is 0 Å². The number of aromatic amines is 1. The highest BCUT2D eigenvalue weighted by Crippen LogP contribution is 2.35. The van der Waals surface area contributed by atoms with Crippen molar-refractivity contribution in [2.75, 3.05) is 45.9 Å². The number of fused-ring (bicyclic) bond motifs is 1. The van der Waals surface area contributed by atoms with Crippen molar-refractivity contribution in [3.05, 3.63) is 189 Å². The highest BCUT2D eigenvalue weighted by molar-refractivity contribution is 5.95. The summed E-state index contributed by atoms with van der Waals surface area (Å²) in [5.41, 5.74) is 4.29. The van der Waals surface area contributed by atoms with E-state index >= 15 is 0 Å². The summed E-state index contributed by atoms with van der Waals surface area (Å²) in [6, 6.07) is 40.5. The minimum Gasteiger partial charge on any atom is -0.506 e. The van der Waals surface area contributed by atoms with E-state index in [9.17, 15) is 29.7 Å². The summed E-state index contributed by atoms with van der Waals surface area (Å²) < 4.78 is 5.96. The third-order valence-corrected chi connectivity index (χ3v) is 12.4. The maximum absolute atomic E-state index is 14.0. The van der Waals surface area contributed by atoms with Crippen LogP contribution in [0, 0.1) is 5.92 Å². The van der Waals surface area contributed by atoms with Crippen molar-refractivity contribution in [2.45, 2.75) is 43.9 Å². The van der Waals surface area contributed by atoms with E-state index in [1.54, 1.807) is 30.3 Å². The monoisotopic (exact) mass is 846 g/mol. The lowest BCUT2D eigenvalue weighted by atomic mass is 9.84. The Morgan fingerprint density at radius 2 is 1.56 bits per heavy atom. The predicted molar refractivity (Wildman–Crippen MR) is 244 cm³/mol. The standard InChI is InChI=1S/C52H54N4O7/c57-46-20-18-44(45-19-21-48(59)54-49(45)46)47(58)33-53-27-22-36-14-16-40(17-15-36)50(60)56-30-25-39(26-31-56)41-10-7-13-43(32-41)52(62,42-11-5-2-6-12-42)51(61)63-35-38-23-28-55(29-24-38)34-37-8-3-1-4-9-37/h1-21,25,32,38,47,53,57-58,62H,22-24,26-31,33-35H2,(H,54,59)/t47-,52?/m0/s1. The molecule has 324 valence electrons. The Kier molecular flexibility index (Phi) is 13.6. The van der Waals surface area contributed by atoms with E-state index in [2.05, 4.69) is 39.5 Å². The number of carbonyl (C=O) groups excluding carboxylic acids is 2. The van der Waals surface area contributed by atoms with Crippen LogP contribution in [0.1, 0.15) is 69.1 Å². The number of hydrogen-bond acceptors (Lipinski definition) is 9. The molecule has 1 aromatic heterocycles. The number of phenolic OH excluding ortho intramolecular Hbond substituents is 1. The van der Waals surface area contributed by atoms with Crippen LogP contribution in [0.3, 0.4) is 0 Å². The molecule has 2 aliphatic rings. The average molecular weight is 847 g/mol. The summed E-state index contributed by atoms with van der Waals surface area (Å²) in [6.07, 6.45) is 4.32. The number of hydrogen-bond donors (Lipinski definition) is 5. The van der Waals surface area contributed by atoms with E-state index in [4.69, 9.17) is 4.74 Å². The number of ether oxygens (including phenoxy) is 1. The lowest BCUT2D eigenvalue weighted by Gasteiger charge is -2.33. The number of carbonyl (C=O) groups is 2. The Morgan fingerprint density at radius 1 is 0.825 bits per heavy atom. The molecule has 2 aliphatic heterocycles. The Balaban J connectivity index is 0.846. The normalized spacial score (nSPS) is 16.3. The number of aliphatic hydroxyl groups excluding tert-OH is 1. The van der Waals surface area contributed by atoms with Crippen LogP contribution in [-0.2, 0) is 28.1 Å². The molecule has 0 bridgehead atoms. The number of aromatic nitrogens is 1. The van der Waals surface area contributed by atoms with E-state index in [1.165, 1.54) is 17.7 Å². The van der Waals surface area contributed by atoms with Crippen molar-refractivity contribution < 1.29 is 29.6 Å².